The molecular weight excluding hydrogens is 787 g/mol. The van der Waals surface area contributed by atoms with Crippen LogP contribution in [0.5, 0.6) is 0 Å². The van der Waals surface area contributed by atoms with E-state index in [1.807, 2.05) is 89.7 Å². The highest BCUT2D eigenvalue weighted by molar-refractivity contribution is 14.2. The fourth-order valence-corrected chi connectivity index (χ4v) is 9.00. The number of esters is 1. The van der Waals surface area contributed by atoms with E-state index in [1.54, 1.807) is 22.6 Å². The number of aromatic nitrogens is 2. The number of para-hydroxylation sites is 1. The van der Waals surface area contributed by atoms with Gasteiger partial charge in [-0.25, -0.2) is 22.6 Å². The Morgan fingerprint density at radius 2 is 1.68 bits per heavy atom. The zero-order valence-corrected chi connectivity index (χ0v) is 32.6. The highest BCUT2D eigenvalue weighted by Crippen LogP contribution is 2.36. The van der Waals surface area contributed by atoms with Crippen LogP contribution in [-0.2, 0) is 34.1 Å². The van der Waals surface area contributed by atoms with Crippen LogP contribution in [0.25, 0.3) is 16.8 Å². The number of carbonyl (C=O) groups is 3. The second-order valence-electron chi connectivity index (χ2n) is 11.3. The van der Waals surface area contributed by atoms with Crippen LogP contribution in [0.15, 0.2) is 72.8 Å². The van der Waals surface area contributed by atoms with Crippen LogP contribution in [-0.4, -0.2) is 65.5 Å². The van der Waals surface area contributed by atoms with E-state index in [0.717, 1.165) is 29.8 Å². The number of unbranched alkanes of at least 4 members (excludes halogenated alkanes) is 1. The fourth-order valence-electron chi connectivity index (χ4n) is 5.75. The van der Waals surface area contributed by atoms with Gasteiger partial charge in [-0.2, -0.15) is 5.10 Å². The summed E-state index contributed by atoms with van der Waals surface area (Å²) < 4.78 is 34.6. The van der Waals surface area contributed by atoms with Crippen LogP contribution in [0.2, 0.25) is 0 Å². The number of hydrogen-bond donors (Lipinski definition) is 1. The van der Waals surface area contributed by atoms with Crippen LogP contribution in [0.1, 0.15) is 88.6 Å². The lowest BCUT2D eigenvalue weighted by molar-refractivity contribution is 0.0519. The zero-order valence-electron chi connectivity index (χ0n) is 28.8. The highest BCUT2D eigenvalue weighted by atomic mass is 127. The molecule has 0 fully saturated rings. The first-order chi connectivity index (χ1) is 24.2. The molecule has 5 rings (SSSR count). The maximum Gasteiger partial charge on any atom is 0.359 e. The van der Waals surface area contributed by atoms with Gasteiger partial charge in [-0.15, -0.1) is 0 Å². The predicted octanol–water partition coefficient (Wildman–Crippen LogP) is 7.43. The van der Waals surface area contributed by atoms with Gasteiger partial charge in [-0.1, -0.05) is 84.7 Å². The Kier molecular flexibility index (Phi) is 14.5. The standard InChI is InChI=1S/C35H37IN4O6S2.C2H6/c1-3-5-15-30-31(32(35(43)46-4-2)37-40(30)27-13-7-6-8-14-27)28-17-16-25(33(41)38-48(44,45)21-20-47-36)22-29(28)34(42)39-19-18-24-11-9-10-12-26(24)23-39;1-2/h6-14,16-17,22H,3-5,15,18-21,23H2,1-2H3,(H,38,41);1-2H3. The quantitative estimate of drug-likeness (QED) is 0.109. The molecule has 0 radical (unpaired) electrons. The monoisotopic (exact) mass is 830 g/mol. The Hall–Kier alpha value is -3.69. The first kappa shape index (κ1) is 39.1. The number of carbonyl (C=O) groups excluding carboxylic acids is 3. The lowest BCUT2D eigenvalue weighted by atomic mass is 9.92. The number of benzene rings is 3. The van der Waals surface area contributed by atoms with E-state index in [-0.39, 0.29) is 35.1 Å². The van der Waals surface area contributed by atoms with Crippen LogP contribution in [0.4, 0.5) is 0 Å². The van der Waals surface area contributed by atoms with Crippen molar-refractivity contribution in [2.75, 3.05) is 24.7 Å². The van der Waals surface area contributed by atoms with Gasteiger partial charge in [0.15, 0.2) is 5.69 Å². The number of amides is 2. The summed E-state index contributed by atoms with van der Waals surface area (Å²) in [6, 6.07) is 21.9. The van der Waals surface area contributed by atoms with Gasteiger partial charge >= 0.3 is 5.97 Å². The molecule has 50 heavy (non-hydrogen) atoms. The van der Waals surface area contributed by atoms with Crippen LogP contribution < -0.4 is 4.72 Å². The molecule has 0 saturated carbocycles. The van der Waals surface area contributed by atoms with Gasteiger partial charge in [0.1, 0.15) is 0 Å². The SMILES string of the molecule is CC.CCCCc1c(-c2ccc(C(=O)NS(=O)(=O)CCSI)cc2C(=O)N2CCc3ccccc3C2)c(C(=O)OCC)nn1-c1ccccc1. The van der Waals surface area contributed by atoms with Crippen molar-refractivity contribution in [3.63, 3.8) is 0 Å². The van der Waals surface area contributed by atoms with E-state index in [1.165, 1.54) is 26.6 Å². The third-order valence-corrected chi connectivity index (χ3v) is 11.3. The summed E-state index contributed by atoms with van der Waals surface area (Å²) in [6.07, 6.45) is 2.87. The number of hydrogen-bond acceptors (Lipinski definition) is 8. The minimum atomic E-state index is -3.90. The minimum absolute atomic E-state index is 0.00783. The third kappa shape index (κ3) is 9.34. The van der Waals surface area contributed by atoms with E-state index in [2.05, 4.69) is 11.6 Å². The Balaban J connectivity index is 0.00000276. The van der Waals surface area contributed by atoms with Crippen LogP contribution in [0, 0.1) is 0 Å². The molecule has 0 bridgehead atoms. The van der Waals surface area contributed by atoms with E-state index < -0.39 is 21.9 Å². The number of halogens is 1. The number of fused-ring (bicyclic) bond motifs is 1. The summed E-state index contributed by atoms with van der Waals surface area (Å²) in [5.74, 6) is -1.74. The molecule has 10 nitrogen and oxygen atoms in total. The van der Waals surface area contributed by atoms with E-state index in [4.69, 9.17) is 9.84 Å². The largest absolute Gasteiger partial charge is 0.461 e. The molecule has 1 aromatic heterocycles. The van der Waals surface area contributed by atoms with Crippen molar-refractivity contribution in [3.8, 4) is 16.8 Å². The van der Waals surface area contributed by atoms with Gasteiger partial charge in [0.25, 0.3) is 11.8 Å². The number of sulfonamides is 1. The fraction of sp³-hybridized carbons (Fsp3) is 0.351. The van der Waals surface area contributed by atoms with Gasteiger partial charge in [-0.3, -0.25) is 9.59 Å². The lowest BCUT2D eigenvalue weighted by Crippen LogP contribution is -2.37. The lowest BCUT2D eigenvalue weighted by Gasteiger charge is -2.29. The van der Waals surface area contributed by atoms with Gasteiger partial charge in [0.05, 0.1) is 23.7 Å². The average molecular weight is 831 g/mol. The molecule has 4 aromatic rings. The van der Waals surface area contributed by atoms with Crippen LogP contribution >= 0.6 is 30.1 Å². The van der Waals surface area contributed by atoms with Crippen molar-refractivity contribution < 1.29 is 27.5 Å². The molecule has 1 aliphatic rings. The number of rotatable bonds is 13. The van der Waals surface area contributed by atoms with Crippen molar-refractivity contribution in [1.29, 1.82) is 0 Å². The van der Waals surface area contributed by atoms with E-state index in [0.29, 0.717) is 42.8 Å². The van der Waals surface area contributed by atoms with E-state index >= 15 is 0 Å². The van der Waals surface area contributed by atoms with Crippen molar-refractivity contribution in [2.24, 2.45) is 0 Å². The first-order valence-corrected chi connectivity index (χ1v) is 22.0. The number of nitrogens with zero attached hydrogens (tertiary/aromatic N) is 3. The first-order valence-electron chi connectivity index (χ1n) is 16.8. The maximum atomic E-state index is 14.5. The summed E-state index contributed by atoms with van der Waals surface area (Å²) in [5, 5.41) is 4.76. The molecule has 0 spiro atoms. The summed E-state index contributed by atoms with van der Waals surface area (Å²) in [6.45, 7) is 8.73. The van der Waals surface area contributed by atoms with E-state index in [9.17, 15) is 22.8 Å². The molecule has 0 aliphatic carbocycles. The Labute approximate surface area is 311 Å². The average Bonchev–Trinajstić information content (AvgIpc) is 3.52. The molecule has 0 saturated heterocycles. The highest BCUT2D eigenvalue weighted by Gasteiger charge is 2.31. The van der Waals surface area contributed by atoms with Crippen molar-refractivity contribution in [2.45, 2.75) is 59.9 Å². The normalized spacial score (nSPS) is 12.4. The van der Waals surface area contributed by atoms with Crippen molar-refractivity contribution >= 4 is 57.9 Å². The molecule has 266 valence electrons. The molecule has 2 heterocycles. The number of ether oxygens (including phenoxy) is 1. The van der Waals surface area contributed by atoms with Gasteiger partial charge in [0.2, 0.25) is 10.0 Å². The topological polar surface area (TPSA) is 128 Å². The zero-order chi connectivity index (χ0) is 36.3. The minimum Gasteiger partial charge on any atom is -0.461 e. The summed E-state index contributed by atoms with van der Waals surface area (Å²) in [4.78, 5) is 43.1. The summed E-state index contributed by atoms with van der Waals surface area (Å²) in [5.41, 5.74) is 4.75. The van der Waals surface area contributed by atoms with Crippen molar-refractivity contribution in [1.82, 2.24) is 19.4 Å². The van der Waals surface area contributed by atoms with Gasteiger partial charge in [-0.05, 0) is 88.3 Å². The number of nitrogens with one attached hydrogen (secondary N) is 1. The third-order valence-electron chi connectivity index (χ3n) is 8.09. The molecular formula is C37H43IN4O6S2. The smallest absolute Gasteiger partial charge is 0.359 e. The Morgan fingerprint density at radius 3 is 2.36 bits per heavy atom. The molecule has 0 atom stereocenters. The molecule has 0 unspecified atom stereocenters. The molecule has 1 aliphatic heterocycles. The molecule has 1 N–H and O–H groups in total. The van der Waals surface area contributed by atoms with Gasteiger partial charge in [0, 0.05) is 35.5 Å². The van der Waals surface area contributed by atoms with Crippen LogP contribution in [0.3, 0.4) is 0 Å². The second-order valence-corrected chi connectivity index (χ2v) is 15.6. The Morgan fingerprint density at radius 1 is 0.980 bits per heavy atom. The summed E-state index contributed by atoms with van der Waals surface area (Å²) in [7, 11) is -2.58. The summed E-state index contributed by atoms with van der Waals surface area (Å²) >= 11 is 2.00. The van der Waals surface area contributed by atoms with Crippen molar-refractivity contribution in [3.05, 3.63) is 106 Å². The van der Waals surface area contributed by atoms with Gasteiger partial charge < -0.3 is 9.64 Å². The molecule has 13 heteroatoms. The molecule has 3 aromatic carbocycles. The second kappa shape index (κ2) is 18.5. The Bertz CT molecular complexity index is 1910. The predicted molar refractivity (Wildman–Crippen MR) is 208 cm³/mol. The maximum absolute atomic E-state index is 14.5. The molecule has 2 amide bonds.